The lowest BCUT2D eigenvalue weighted by Gasteiger charge is -2.30. The van der Waals surface area contributed by atoms with Crippen LogP contribution in [0.2, 0.25) is 0 Å². The first-order valence-corrected chi connectivity index (χ1v) is 10.4. The zero-order valence-electron chi connectivity index (χ0n) is 18.0. The number of amides is 3. The summed E-state index contributed by atoms with van der Waals surface area (Å²) in [7, 11) is 0. The maximum Gasteiger partial charge on any atom is 0.261 e. The number of fused-ring (bicyclic) bond motifs is 1. The van der Waals surface area contributed by atoms with E-state index >= 15 is 0 Å². The number of hydrogen-bond acceptors (Lipinski definition) is 4. The minimum atomic E-state index is -0.298. The van der Waals surface area contributed by atoms with Crippen LogP contribution in [-0.4, -0.2) is 52.7 Å². The number of nitrogens with one attached hydrogen (secondary N) is 1. The van der Waals surface area contributed by atoms with Crippen molar-refractivity contribution in [1.82, 2.24) is 15.1 Å². The third kappa shape index (κ3) is 4.60. The highest BCUT2D eigenvalue weighted by Crippen LogP contribution is 2.24. The highest BCUT2D eigenvalue weighted by molar-refractivity contribution is 6.21. The summed E-state index contributed by atoms with van der Waals surface area (Å²) in [6.07, 6.45) is 0. The first kappa shape index (κ1) is 21.7. The van der Waals surface area contributed by atoms with Crippen LogP contribution in [0.1, 0.15) is 64.3 Å². The molecule has 30 heavy (non-hydrogen) atoms. The van der Waals surface area contributed by atoms with E-state index in [9.17, 15) is 14.4 Å². The Morgan fingerprint density at radius 2 is 1.53 bits per heavy atom. The zero-order chi connectivity index (χ0) is 21.8. The van der Waals surface area contributed by atoms with Crippen LogP contribution in [-0.2, 0) is 6.54 Å². The second-order valence-electron chi connectivity index (χ2n) is 8.12. The number of nitrogens with zero attached hydrogens (tertiary/aromatic N) is 2. The third-order valence-electron chi connectivity index (χ3n) is 5.39. The van der Waals surface area contributed by atoms with Crippen molar-refractivity contribution in [1.29, 1.82) is 0 Å². The summed E-state index contributed by atoms with van der Waals surface area (Å²) < 4.78 is 0. The average molecular weight is 408 g/mol. The van der Waals surface area contributed by atoms with Gasteiger partial charge < -0.3 is 5.32 Å². The van der Waals surface area contributed by atoms with E-state index in [1.54, 1.807) is 42.5 Å². The number of imide groups is 1. The molecule has 6 nitrogen and oxygen atoms in total. The quantitative estimate of drug-likeness (QED) is 0.682. The predicted molar refractivity (Wildman–Crippen MR) is 116 cm³/mol. The van der Waals surface area contributed by atoms with E-state index in [0.717, 1.165) is 12.1 Å². The summed E-state index contributed by atoms with van der Waals surface area (Å²) in [5.74, 6) is -0.757. The Balaban J connectivity index is 1.63. The highest BCUT2D eigenvalue weighted by atomic mass is 16.2. The Bertz CT molecular complexity index is 909. The summed E-state index contributed by atoms with van der Waals surface area (Å²) in [6, 6.07) is 14.7. The predicted octanol–water partition coefficient (Wildman–Crippen LogP) is 3.33. The summed E-state index contributed by atoms with van der Waals surface area (Å²) in [4.78, 5) is 41.3. The van der Waals surface area contributed by atoms with Crippen LogP contribution in [0, 0.1) is 0 Å². The Hall–Kier alpha value is -2.99. The maximum atomic E-state index is 12.6. The first-order valence-electron chi connectivity index (χ1n) is 10.4. The van der Waals surface area contributed by atoms with Crippen molar-refractivity contribution in [2.45, 2.75) is 46.3 Å². The average Bonchev–Trinajstić information content (AvgIpc) is 2.96. The van der Waals surface area contributed by atoms with Crippen molar-refractivity contribution in [3.8, 4) is 0 Å². The van der Waals surface area contributed by atoms with Crippen LogP contribution in [0.4, 0.5) is 0 Å². The molecular formula is C24H29N3O3. The van der Waals surface area contributed by atoms with Crippen LogP contribution in [0.25, 0.3) is 0 Å². The Morgan fingerprint density at radius 3 is 2.10 bits per heavy atom. The second kappa shape index (κ2) is 9.22. The van der Waals surface area contributed by atoms with Gasteiger partial charge in [-0.1, -0.05) is 24.3 Å². The standard InChI is InChI=1S/C24H29N3O3/c1-16(2)26(17(3)4)13-12-25-22(28)19-9-7-8-18(14-19)15-27-23(29)20-10-5-6-11-21(20)24(27)30/h5-11,14,16-17H,12-13,15H2,1-4H3,(H,25,28). The fourth-order valence-corrected chi connectivity index (χ4v) is 3.89. The van der Waals surface area contributed by atoms with Crippen LogP contribution < -0.4 is 5.32 Å². The van der Waals surface area contributed by atoms with E-state index in [1.165, 1.54) is 4.90 Å². The topological polar surface area (TPSA) is 69.7 Å². The Kier molecular flexibility index (Phi) is 6.67. The SMILES string of the molecule is CC(C)N(CCNC(=O)c1cccc(CN2C(=O)c3ccccc3C2=O)c1)C(C)C. The largest absolute Gasteiger partial charge is 0.351 e. The van der Waals surface area contributed by atoms with Gasteiger partial charge >= 0.3 is 0 Å². The molecule has 0 unspecified atom stereocenters. The lowest BCUT2D eigenvalue weighted by molar-refractivity contribution is 0.0642. The highest BCUT2D eigenvalue weighted by Gasteiger charge is 2.35. The fourth-order valence-electron chi connectivity index (χ4n) is 3.89. The van der Waals surface area contributed by atoms with Crippen molar-refractivity contribution in [2.24, 2.45) is 0 Å². The molecule has 1 heterocycles. The molecule has 3 rings (SSSR count). The summed E-state index contributed by atoms with van der Waals surface area (Å²) in [5, 5.41) is 2.96. The van der Waals surface area contributed by atoms with Crippen molar-refractivity contribution in [2.75, 3.05) is 13.1 Å². The minimum absolute atomic E-state index is 0.141. The van der Waals surface area contributed by atoms with Crippen molar-refractivity contribution in [3.63, 3.8) is 0 Å². The number of hydrogen-bond donors (Lipinski definition) is 1. The van der Waals surface area contributed by atoms with Gasteiger partial charge in [0.05, 0.1) is 17.7 Å². The van der Waals surface area contributed by atoms with Gasteiger partial charge in [0.15, 0.2) is 0 Å². The monoisotopic (exact) mass is 407 g/mol. The normalized spacial score (nSPS) is 13.5. The molecule has 158 valence electrons. The molecule has 2 aromatic carbocycles. The van der Waals surface area contributed by atoms with Crippen LogP contribution >= 0.6 is 0 Å². The van der Waals surface area contributed by atoms with E-state index in [4.69, 9.17) is 0 Å². The number of carbonyl (C=O) groups excluding carboxylic acids is 3. The van der Waals surface area contributed by atoms with Crippen LogP contribution in [0.3, 0.4) is 0 Å². The molecule has 0 aliphatic carbocycles. The van der Waals surface area contributed by atoms with Gasteiger partial charge in [-0.15, -0.1) is 0 Å². The van der Waals surface area contributed by atoms with E-state index in [-0.39, 0.29) is 24.3 Å². The van der Waals surface area contributed by atoms with Crippen molar-refractivity contribution >= 4 is 17.7 Å². The van der Waals surface area contributed by atoms with Gasteiger partial charge in [-0.3, -0.25) is 24.2 Å². The Labute approximate surface area is 177 Å². The Morgan fingerprint density at radius 1 is 0.933 bits per heavy atom. The second-order valence-corrected chi connectivity index (χ2v) is 8.12. The molecule has 0 saturated heterocycles. The molecule has 0 atom stereocenters. The molecule has 6 heteroatoms. The summed E-state index contributed by atoms with van der Waals surface area (Å²) in [6.45, 7) is 10.0. The van der Waals surface area contributed by atoms with E-state index in [0.29, 0.717) is 35.3 Å². The number of benzene rings is 2. The molecule has 1 aliphatic heterocycles. The summed E-state index contributed by atoms with van der Waals surface area (Å²) >= 11 is 0. The molecule has 0 spiro atoms. The number of carbonyl (C=O) groups is 3. The van der Waals surface area contributed by atoms with Crippen molar-refractivity contribution < 1.29 is 14.4 Å². The smallest absolute Gasteiger partial charge is 0.261 e. The van der Waals surface area contributed by atoms with Gasteiger partial charge in [-0.05, 0) is 57.5 Å². The molecule has 2 aromatic rings. The van der Waals surface area contributed by atoms with Gasteiger partial charge in [-0.25, -0.2) is 0 Å². The van der Waals surface area contributed by atoms with E-state index in [1.807, 2.05) is 6.07 Å². The van der Waals surface area contributed by atoms with E-state index < -0.39 is 0 Å². The molecule has 0 fully saturated rings. The van der Waals surface area contributed by atoms with Gasteiger partial charge in [0.1, 0.15) is 0 Å². The molecule has 0 radical (unpaired) electrons. The first-order chi connectivity index (χ1) is 14.3. The minimum Gasteiger partial charge on any atom is -0.351 e. The summed E-state index contributed by atoms with van der Waals surface area (Å²) in [5.41, 5.74) is 2.11. The third-order valence-corrected chi connectivity index (χ3v) is 5.39. The van der Waals surface area contributed by atoms with Crippen molar-refractivity contribution in [3.05, 3.63) is 70.8 Å². The lowest BCUT2D eigenvalue weighted by atomic mass is 10.1. The van der Waals surface area contributed by atoms with Gasteiger partial charge in [0.25, 0.3) is 17.7 Å². The molecule has 0 bridgehead atoms. The lowest BCUT2D eigenvalue weighted by Crippen LogP contribution is -2.42. The molecule has 1 N–H and O–H groups in total. The molecular weight excluding hydrogens is 378 g/mol. The van der Waals surface area contributed by atoms with E-state index in [2.05, 4.69) is 37.9 Å². The van der Waals surface area contributed by atoms with Gasteiger partial charge in [0, 0.05) is 30.7 Å². The van der Waals surface area contributed by atoms with Gasteiger partial charge in [-0.2, -0.15) is 0 Å². The van der Waals surface area contributed by atoms with Crippen LogP contribution in [0.5, 0.6) is 0 Å². The molecule has 0 saturated carbocycles. The zero-order valence-corrected chi connectivity index (χ0v) is 18.0. The fraction of sp³-hybridized carbons (Fsp3) is 0.375. The number of rotatable bonds is 8. The molecule has 0 aromatic heterocycles. The van der Waals surface area contributed by atoms with Crippen LogP contribution in [0.15, 0.2) is 48.5 Å². The molecule has 1 aliphatic rings. The maximum absolute atomic E-state index is 12.6. The van der Waals surface area contributed by atoms with Gasteiger partial charge in [0.2, 0.25) is 0 Å². The molecule has 3 amide bonds.